The van der Waals surface area contributed by atoms with Crippen molar-refractivity contribution in [1.82, 2.24) is 9.47 Å². The van der Waals surface area contributed by atoms with Crippen LogP contribution in [0.2, 0.25) is 0 Å². The molecule has 2 heterocycles. The molecule has 184 valence electrons. The van der Waals surface area contributed by atoms with Gasteiger partial charge in [-0.15, -0.1) is 0 Å². The summed E-state index contributed by atoms with van der Waals surface area (Å²) in [5.74, 6) is -0.683. The molecule has 0 atom stereocenters. The van der Waals surface area contributed by atoms with Gasteiger partial charge in [0.1, 0.15) is 17.3 Å². The van der Waals surface area contributed by atoms with Gasteiger partial charge >= 0.3 is 11.2 Å². The van der Waals surface area contributed by atoms with Gasteiger partial charge in [0.25, 0.3) is 0 Å². The van der Waals surface area contributed by atoms with E-state index in [4.69, 9.17) is 0 Å². The summed E-state index contributed by atoms with van der Waals surface area (Å²) in [6, 6.07) is 19.4. The lowest BCUT2D eigenvalue weighted by Crippen LogP contribution is -2.48. The number of para-hydroxylation sites is 1. The Morgan fingerprint density at radius 2 is 1.36 bits per heavy atom. The van der Waals surface area contributed by atoms with Gasteiger partial charge in [-0.25, -0.2) is 8.78 Å². The average Bonchev–Trinajstić information content (AvgIpc) is 2.89. The number of piperazine rings is 1. The van der Waals surface area contributed by atoms with Crippen LogP contribution in [-0.2, 0) is 7.05 Å². The number of pyridine rings is 1. The van der Waals surface area contributed by atoms with Crippen LogP contribution >= 0.6 is 0 Å². The molecule has 0 amide bonds. The standard InChI is InChI=1S/C27H24F2N4O3/c1-30-23-5-3-2-4-22(23)25(26(27(30)34)33(35)36)32-16-14-31(15-17-32)24(18-6-10-20(28)11-7-18)19-8-12-21(29)13-9-19/h2-13,24H,14-17H2,1H3. The number of nitrogens with zero attached hydrogens (tertiary/aromatic N) is 4. The molecule has 0 unspecified atom stereocenters. The molecule has 1 fully saturated rings. The third kappa shape index (κ3) is 4.22. The molecule has 1 saturated heterocycles. The van der Waals surface area contributed by atoms with Crippen molar-refractivity contribution in [1.29, 1.82) is 0 Å². The molecule has 4 aromatic rings. The van der Waals surface area contributed by atoms with Gasteiger partial charge in [0.2, 0.25) is 0 Å². The number of aryl methyl sites for hydroxylation is 1. The highest BCUT2D eigenvalue weighted by molar-refractivity contribution is 5.96. The molecule has 1 aliphatic rings. The molecule has 3 aromatic carbocycles. The van der Waals surface area contributed by atoms with E-state index in [1.54, 1.807) is 48.5 Å². The van der Waals surface area contributed by atoms with E-state index in [2.05, 4.69) is 4.90 Å². The fourth-order valence-electron chi connectivity index (χ4n) is 5.06. The Labute approximate surface area is 206 Å². The van der Waals surface area contributed by atoms with Crippen molar-refractivity contribution in [3.63, 3.8) is 0 Å². The number of fused-ring (bicyclic) bond motifs is 1. The maximum Gasteiger partial charge on any atom is 0.357 e. The number of nitro groups is 1. The highest BCUT2D eigenvalue weighted by Crippen LogP contribution is 2.36. The van der Waals surface area contributed by atoms with Crippen molar-refractivity contribution >= 4 is 22.3 Å². The highest BCUT2D eigenvalue weighted by Gasteiger charge is 2.32. The third-order valence-electron chi connectivity index (χ3n) is 6.80. The normalized spacial score (nSPS) is 14.5. The first-order valence-corrected chi connectivity index (χ1v) is 11.6. The Balaban J connectivity index is 1.51. The van der Waals surface area contributed by atoms with E-state index in [1.807, 2.05) is 4.90 Å². The fourth-order valence-corrected chi connectivity index (χ4v) is 5.06. The first-order chi connectivity index (χ1) is 17.3. The molecular formula is C27H24F2N4O3. The van der Waals surface area contributed by atoms with Crippen molar-refractivity contribution in [3.8, 4) is 0 Å². The predicted molar refractivity (Wildman–Crippen MR) is 134 cm³/mol. The first kappa shape index (κ1) is 23.6. The van der Waals surface area contributed by atoms with Crippen molar-refractivity contribution < 1.29 is 13.7 Å². The third-order valence-corrected chi connectivity index (χ3v) is 6.80. The Kier molecular flexibility index (Phi) is 6.24. The van der Waals surface area contributed by atoms with Gasteiger partial charge in [0.05, 0.1) is 16.5 Å². The van der Waals surface area contributed by atoms with Crippen LogP contribution in [0.5, 0.6) is 0 Å². The maximum absolute atomic E-state index is 13.6. The largest absolute Gasteiger partial charge is 0.363 e. The molecule has 7 nitrogen and oxygen atoms in total. The monoisotopic (exact) mass is 490 g/mol. The molecule has 5 rings (SSSR count). The number of anilines is 1. The summed E-state index contributed by atoms with van der Waals surface area (Å²) >= 11 is 0. The minimum absolute atomic E-state index is 0.247. The number of benzene rings is 3. The quantitative estimate of drug-likeness (QED) is 0.301. The molecule has 0 spiro atoms. The van der Waals surface area contributed by atoms with Crippen LogP contribution in [0.3, 0.4) is 0 Å². The lowest BCUT2D eigenvalue weighted by atomic mass is 9.96. The zero-order valence-corrected chi connectivity index (χ0v) is 19.6. The number of hydrogen-bond donors (Lipinski definition) is 0. The van der Waals surface area contributed by atoms with Crippen LogP contribution < -0.4 is 10.5 Å². The second-order valence-electron chi connectivity index (χ2n) is 8.86. The summed E-state index contributed by atoms with van der Waals surface area (Å²) in [5.41, 5.74) is 1.60. The molecule has 1 aromatic heterocycles. The molecule has 1 aliphatic heterocycles. The molecule has 9 heteroatoms. The van der Waals surface area contributed by atoms with E-state index in [-0.39, 0.29) is 17.7 Å². The Morgan fingerprint density at radius 1 is 0.833 bits per heavy atom. The summed E-state index contributed by atoms with van der Waals surface area (Å²) in [6.07, 6.45) is 0. The van der Waals surface area contributed by atoms with E-state index in [9.17, 15) is 23.7 Å². The predicted octanol–water partition coefficient (Wildman–Crippen LogP) is 4.64. The second-order valence-corrected chi connectivity index (χ2v) is 8.86. The van der Waals surface area contributed by atoms with E-state index < -0.39 is 16.2 Å². The Hall–Kier alpha value is -4.11. The zero-order chi connectivity index (χ0) is 25.4. The molecule has 0 N–H and O–H groups in total. The van der Waals surface area contributed by atoms with Gasteiger partial charge in [-0.1, -0.05) is 42.5 Å². The minimum Gasteiger partial charge on any atom is -0.363 e. The van der Waals surface area contributed by atoms with E-state index in [0.29, 0.717) is 42.8 Å². The Morgan fingerprint density at radius 3 is 1.89 bits per heavy atom. The first-order valence-electron chi connectivity index (χ1n) is 11.6. The average molecular weight is 491 g/mol. The van der Waals surface area contributed by atoms with E-state index in [1.165, 1.54) is 35.9 Å². The van der Waals surface area contributed by atoms with Crippen LogP contribution in [0.15, 0.2) is 77.6 Å². The zero-order valence-electron chi connectivity index (χ0n) is 19.6. The number of aromatic nitrogens is 1. The molecule has 0 radical (unpaired) electrons. The molecule has 0 bridgehead atoms. The van der Waals surface area contributed by atoms with E-state index in [0.717, 1.165) is 11.1 Å². The van der Waals surface area contributed by atoms with Crippen LogP contribution in [0, 0.1) is 21.7 Å². The van der Waals surface area contributed by atoms with E-state index >= 15 is 0 Å². The second kappa shape index (κ2) is 9.50. The van der Waals surface area contributed by atoms with Crippen LogP contribution in [0.1, 0.15) is 17.2 Å². The molecule has 0 aliphatic carbocycles. The van der Waals surface area contributed by atoms with Crippen molar-refractivity contribution in [2.75, 3.05) is 31.1 Å². The molecule has 0 saturated carbocycles. The highest BCUT2D eigenvalue weighted by atomic mass is 19.1. The SMILES string of the molecule is Cn1c(=O)c([N+](=O)[O-])c(N2CCN(C(c3ccc(F)cc3)c3ccc(F)cc3)CC2)c2ccccc21. The molecular weight excluding hydrogens is 466 g/mol. The van der Waals surface area contributed by atoms with Gasteiger partial charge < -0.3 is 9.47 Å². The summed E-state index contributed by atoms with van der Waals surface area (Å²) in [4.78, 5) is 28.4. The fraction of sp³-hybridized carbons (Fsp3) is 0.222. The Bertz CT molecular complexity index is 1430. The lowest BCUT2D eigenvalue weighted by Gasteiger charge is -2.40. The molecule has 36 heavy (non-hydrogen) atoms. The van der Waals surface area contributed by atoms with Gasteiger partial charge in [0, 0.05) is 38.6 Å². The van der Waals surface area contributed by atoms with Gasteiger partial charge in [-0.05, 0) is 41.5 Å². The van der Waals surface area contributed by atoms with Gasteiger partial charge in [0.15, 0.2) is 0 Å². The van der Waals surface area contributed by atoms with Gasteiger partial charge in [-0.2, -0.15) is 0 Å². The smallest absolute Gasteiger partial charge is 0.357 e. The van der Waals surface area contributed by atoms with Crippen molar-refractivity contribution in [3.05, 3.63) is 116 Å². The number of halogens is 2. The summed E-state index contributed by atoms with van der Waals surface area (Å²) in [7, 11) is 1.54. The summed E-state index contributed by atoms with van der Waals surface area (Å²) < 4.78 is 28.6. The number of hydrogen-bond acceptors (Lipinski definition) is 5. The van der Waals surface area contributed by atoms with Crippen LogP contribution in [-0.4, -0.2) is 40.6 Å². The lowest BCUT2D eigenvalue weighted by molar-refractivity contribution is -0.385. The van der Waals surface area contributed by atoms with Gasteiger partial charge in [-0.3, -0.25) is 19.8 Å². The summed E-state index contributed by atoms with van der Waals surface area (Å²) in [5, 5.41) is 12.6. The minimum atomic E-state index is -0.647. The number of rotatable bonds is 5. The van der Waals surface area contributed by atoms with Crippen molar-refractivity contribution in [2.45, 2.75) is 6.04 Å². The summed E-state index contributed by atoms with van der Waals surface area (Å²) in [6.45, 7) is 1.94. The topological polar surface area (TPSA) is 71.6 Å². The maximum atomic E-state index is 13.6. The van der Waals surface area contributed by atoms with Crippen molar-refractivity contribution in [2.24, 2.45) is 7.05 Å². The van der Waals surface area contributed by atoms with Crippen LogP contribution in [0.25, 0.3) is 10.9 Å². The van der Waals surface area contributed by atoms with Crippen LogP contribution in [0.4, 0.5) is 20.2 Å².